The van der Waals surface area contributed by atoms with Crippen molar-refractivity contribution in [2.75, 3.05) is 25.5 Å². The highest BCUT2D eigenvalue weighted by molar-refractivity contribution is 5.88. The van der Waals surface area contributed by atoms with Gasteiger partial charge < -0.3 is 15.0 Å². The molecule has 0 spiro atoms. The summed E-state index contributed by atoms with van der Waals surface area (Å²) in [5.74, 6) is 1.07. The van der Waals surface area contributed by atoms with Crippen molar-refractivity contribution in [3.8, 4) is 0 Å². The minimum atomic E-state index is -0.437. The summed E-state index contributed by atoms with van der Waals surface area (Å²) in [7, 11) is 2.07. The molecule has 1 saturated heterocycles. The van der Waals surface area contributed by atoms with Gasteiger partial charge in [-0.3, -0.25) is 5.10 Å². The summed E-state index contributed by atoms with van der Waals surface area (Å²) < 4.78 is 5.72. The van der Waals surface area contributed by atoms with Gasteiger partial charge in [-0.25, -0.2) is 14.8 Å². The van der Waals surface area contributed by atoms with E-state index >= 15 is 0 Å². The molecule has 2 aromatic heterocycles. The second kappa shape index (κ2) is 9.53. The number of aromatic nitrogens is 4. The molecule has 0 aliphatic carbocycles. The molecule has 160 valence electrons. The number of H-pyrrole nitrogens is 1. The Hall–Kier alpha value is -3.52. The van der Waals surface area contributed by atoms with Gasteiger partial charge in [-0.15, -0.1) is 0 Å². The second-order valence-corrected chi connectivity index (χ2v) is 7.71. The number of rotatable bonds is 6. The number of anilines is 2. The van der Waals surface area contributed by atoms with E-state index in [2.05, 4.69) is 37.4 Å². The summed E-state index contributed by atoms with van der Waals surface area (Å²) in [4.78, 5) is 24.0. The molecule has 3 aromatic rings. The van der Waals surface area contributed by atoms with E-state index in [0.717, 1.165) is 37.2 Å². The van der Waals surface area contributed by atoms with Crippen LogP contribution in [0.3, 0.4) is 0 Å². The van der Waals surface area contributed by atoms with E-state index in [1.165, 1.54) is 0 Å². The number of hydrogen-bond donors (Lipinski definition) is 2. The first-order valence-corrected chi connectivity index (χ1v) is 10.4. The van der Waals surface area contributed by atoms with Crippen molar-refractivity contribution in [1.82, 2.24) is 25.1 Å². The van der Waals surface area contributed by atoms with Gasteiger partial charge in [-0.2, -0.15) is 5.10 Å². The molecule has 1 aromatic carbocycles. The molecular formula is C23H26N6O2. The number of likely N-dealkylation sites (tertiary alicyclic amines) is 1. The van der Waals surface area contributed by atoms with Crippen LogP contribution in [-0.4, -0.2) is 57.3 Å². The molecule has 1 aliphatic heterocycles. The number of carbonyl (C=O) groups is 1. The molecule has 1 fully saturated rings. The summed E-state index contributed by atoms with van der Waals surface area (Å²) in [6, 6.07) is 13.3. The fourth-order valence-electron chi connectivity index (χ4n) is 3.37. The molecule has 4 rings (SSSR count). The summed E-state index contributed by atoms with van der Waals surface area (Å²) in [5, 5.41) is 10.2. The average Bonchev–Trinajstić information content (AvgIpc) is 3.19. The van der Waals surface area contributed by atoms with Crippen LogP contribution < -0.4 is 5.32 Å². The quantitative estimate of drug-likeness (QED) is 0.590. The van der Waals surface area contributed by atoms with E-state index in [9.17, 15) is 4.79 Å². The Morgan fingerprint density at radius 2 is 1.90 bits per heavy atom. The highest BCUT2D eigenvalue weighted by Gasteiger charge is 2.22. The van der Waals surface area contributed by atoms with Crippen LogP contribution in [0.1, 0.15) is 40.4 Å². The fraction of sp³-hybridized carbons (Fsp3) is 0.304. The van der Waals surface area contributed by atoms with Crippen LogP contribution >= 0.6 is 0 Å². The minimum absolute atomic E-state index is 0.0904. The van der Waals surface area contributed by atoms with Crippen molar-refractivity contribution in [3.63, 3.8) is 0 Å². The van der Waals surface area contributed by atoms with Gasteiger partial charge in [0, 0.05) is 30.9 Å². The van der Waals surface area contributed by atoms with Crippen molar-refractivity contribution in [1.29, 1.82) is 0 Å². The number of hydrogen-bond acceptors (Lipinski definition) is 7. The zero-order chi connectivity index (χ0) is 21.6. The third kappa shape index (κ3) is 5.76. The summed E-state index contributed by atoms with van der Waals surface area (Å²) in [6.45, 7) is 3.74. The minimum Gasteiger partial charge on any atom is -0.458 e. The van der Waals surface area contributed by atoms with Crippen LogP contribution in [0.5, 0.6) is 0 Å². The second-order valence-electron chi connectivity index (χ2n) is 7.71. The Labute approximate surface area is 181 Å². The molecule has 2 N–H and O–H groups in total. The third-order valence-corrected chi connectivity index (χ3v) is 5.08. The Morgan fingerprint density at radius 1 is 1.13 bits per heavy atom. The molecule has 0 amide bonds. The number of carbonyl (C=O) groups excluding carboxylic acids is 1. The van der Waals surface area contributed by atoms with Crippen LogP contribution in [0.2, 0.25) is 0 Å². The van der Waals surface area contributed by atoms with Crippen molar-refractivity contribution >= 4 is 29.8 Å². The van der Waals surface area contributed by atoms with Gasteiger partial charge in [0.15, 0.2) is 17.3 Å². The van der Waals surface area contributed by atoms with Gasteiger partial charge >= 0.3 is 5.97 Å². The lowest BCUT2D eigenvalue weighted by Crippen LogP contribution is -2.35. The molecule has 8 heteroatoms. The summed E-state index contributed by atoms with van der Waals surface area (Å²) in [6.07, 6.45) is 5.25. The maximum Gasteiger partial charge on any atom is 0.357 e. The molecule has 0 radical (unpaired) electrons. The first kappa shape index (κ1) is 20.7. The van der Waals surface area contributed by atoms with E-state index in [0.29, 0.717) is 17.5 Å². The molecule has 3 heterocycles. The topological polar surface area (TPSA) is 96.0 Å². The summed E-state index contributed by atoms with van der Waals surface area (Å²) >= 11 is 0. The average molecular weight is 419 g/mol. The highest BCUT2D eigenvalue weighted by atomic mass is 16.5. The Bertz CT molecular complexity index is 1050. The third-order valence-electron chi connectivity index (χ3n) is 5.08. The van der Waals surface area contributed by atoms with E-state index in [1.54, 1.807) is 12.1 Å². The Morgan fingerprint density at radius 3 is 2.61 bits per heavy atom. The van der Waals surface area contributed by atoms with Gasteiger partial charge in [-0.1, -0.05) is 36.4 Å². The molecule has 1 aliphatic rings. The van der Waals surface area contributed by atoms with Gasteiger partial charge in [-0.05, 0) is 38.5 Å². The standard InChI is InChI=1S/C23H26N6O2/c1-16-14-22(28-27-16)26-21-15-19(23(30)31-18-10-12-29(2)13-11-18)24-20(25-21)9-8-17-6-4-3-5-7-17/h3-9,14-15,18H,10-13H2,1-2H3,(H2,24,25,26,27,28). The smallest absolute Gasteiger partial charge is 0.357 e. The first-order chi connectivity index (χ1) is 15.0. The molecule has 0 unspecified atom stereocenters. The lowest BCUT2D eigenvalue weighted by atomic mass is 10.1. The van der Waals surface area contributed by atoms with E-state index in [1.807, 2.05) is 49.4 Å². The first-order valence-electron chi connectivity index (χ1n) is 10.4. The number of nitrogens with one attached hydrogen (secondary N) is 2. The number of benzene rings is 1. The van der Waals surface area contributed by atoms with Gasteiger partial charge in [0.2, 0.25) is 0 Å². The van der Waals surface area contributed by atoms with E-state index < -0.39 is 5.97 Å². The monoisotopic (exact) mass is 418 g/mol. The lowest BCUT2D eigenvalue weighted by Gasteiger charge is -2.28. The highest BCUT2D eigenvalue weighted by Crippen LogP contribution is 2.18. The predicted octanol–water partition coefficient (Wildman–Crippen LogP) is 3.67. The van der Waals surface area contributed by atoms with Crippen LogP contribution in [-0.2, 0) is 4.74 Å². The Kier molecular flexibility index (Phi) is 6.37. The van der Waals surface area contributed by atoms with Crippen molar-refractivity contribution in [3.05, 3.63) is 65.2 Å². The maximum absolute atomic E-state index is 12.8. The Balaban J connectivity index is 1.57. The van der Waals surface area contributed by atoms with Crippen molar-refractivity contribution < 1.29 is 9.53 Å². The number of aromatic amines is 1. The molecule has 0 bridgehead atoms. The lowest BCUT2D eigenvalue weighted by molar-refractivity contribution is 0.0133. The zero-order valence-electron chi connectivity index (χ0n) is 17.7. The normalized spacial score (nSPS) is 15.3. The molecule has 8 nitrogen and oxygen atoms in total. The van der Waals surface area contributed by atoms with Crippen LogP contribution in [0.25, 0.3) is 12.2 Å². The molecular weight excluding hydrogens is 392 g/mol. The number of nitrogens with zero attached hydrogens (tertiary/aromatic N) is 4. The number of ether oxygens (including phenoxy) is 1. The number of aryl methyl sites for hydroxylation is 1. The molecule has 31 heavy (non-hydrogen) atoms. The van der Waals surface area contributed by atoms with E-state index in [-0.39, 0.29) is 11.8 Å². The van der Waals surface area contributed by atoms with Crippen LogP contribution in [0.4, 0.5) is 11.6 Å². The molecule has 0 saturated carbocycles. The largest absolute Gasteiger partial charge is 0.458 e. The SMILES string of the molecule is Cc1cc(Nc2cc(C(=O)OC3CCN(C)CC3)nc(C=Cc3ccccc3)n2)n[nH]1. The number of esters is 1. The van der Waals surface area contributed by atoms with Crippen molar-refractivity contribution in [2.24, 2.45) is 0 Å². The fourth-order valence-corrected chi connectivity index (χ4v) is 3.37. The van der Waals surface area contributed by atoms with Crippen LogP contribution in [0, 0.1) is 6.92 Å². The van der Waals surface area contributed by atoms with Gasteiger partial charge in [0.25, 0.3) is 0 Å². The molecule has 0 atom stereocenters. The van der Waals surface area contributed by atoms with Crippen LogP contribution in [0.15, 0.2) is 42.5 Å². The van der Waals surface area contributed by atoms with E-state index in [4.69, 9.17) is 4.74 Å². The zero-order valence-corrected chi connectivity index (χ0v) is 17.7. The predicted molar refractivity (Wildman–Crippen MR) is 120 cm³/mol. The van der Waals surface area contributed by atoms with Gasteiger partial charge in [0.05, 0.1) is 0 Å². The van der Waals surface area contributed by atoms with Crippen molar-refractivity contribution in [2.45, 2.75) is 25.9 Å². The number of piperidine rings is 1. The summed E-state index contributed by atoms with van der Waals surface area (Å²) in [5.41, 5.74) is 2.15. The van der Waals surface area contributed by atoms with Gasteiger partial charge in [0.1, 0.15) is 11.9 Å². The maximum atomic E-state index is 12.8.